The van der Waals surface area contributed by atoms with Gasteiger partial charge in [-0.05, 0) is 38.9 Å². The minimum absolute atomic E-state index is 0.0562. The third-order valence-corrected chi connectivity index (χ3v) is 4.03. The number of nitrogens with two attached hydrogens (primary N) is 1. The Morgan fingerprint density at radius 1 is 1.52 bits per heavy atom. The number of ether oxygens (including phenoxy) is 1. The number of piperidine rings is 1. The highest BCUT2D eigenvalue weighted by atomic mass is 16.5. The molecular formula is C16H25N3O2. The van der Waals surface area contributed by atoms with Gasteiger partial charge in [0.1, 0.15) is 5.75 Å². The van der Waals surface area contributed by atoms with Crippen LogP contribution in [0.25, 0.3) is 0 Å². The number of likely N-dealkylation sites (tertiary alicyclic amines) is 1. The fraction of sp³-hybridized carbons (Fsp3) is 0.562. The van der Waals surface area contributed by atoms with Crippen LogP contribution >= 0.6 is 0 Å². The lowest BCUT2D eigenvalue weighted by atomic mass is 9.99. The van der Waals surface area contributed by atoms with E-state index in [9.17, 15) is 4.79 Å². The smallest absolute Gasteiger partial charge is 0.223 e. The summed E-state index contributed by atoms with van der Waals surface area (Å²) in [5.41, 5.74) is 6.34. The SMILES string of the molecule is CC1CC(NC(=O)CCOc2cccc(N)c2)CCN1C. The number of nitrogens with one attached hydrogen (secondary N) is 1. The van der Waals surface area contributed by atoms with Gasteiger partial charge >= 0.3 is 0 Å². The van der Waals surface area contributed by atoms with E-state index in [1.807, 2.05) is 12.1 Å². The lowest BCUT2D eigenvalue weighted by Gasteiger charge is -2.35. The molecule has 3 N–H and O–H groups in total. The molecule has 2 rings (SSSR count). The Labute approximate surface area is 126 Å². The highest BCUT2D eigenvalue weighted by molar-refractivity contribution is 5.76. The van der Waals surface area contributed by atoms with Gasteiger partial charge in [0.2, 0.25) is 5.91 Å². The average Bonchev–Trinajstić information content (AvgIpc) is 2.43. The van der Waals surface area contributed by atoms with Gasteiger partial charge in [0.25, 0.3) is 0 Å². The lowest BCUT2D eigenvalue weighted by Crippen LogP contribution is -2.47. The van der Waals surface area contributed by atoms with E-state index in [1.54, 1.807) is 12.1 Å². The monoisotopic (exact) mass is 291 g/mol. The van der Waals surface area contributed by atoms with Gasteiger partial charge in [-0.3, -0.25) is 4.79 Å². The molecule has 1 aliphatic heterocycles. The van der Waals surface area contributed by atoms with E-state index in [0.29, 0.717) is 30.5 Å². The molecule has 1 amide bonds. The molecule has 2 unspecified atom stereocenters. The van der Waals surface area contributed by atoms with Crippen molar-refractivity contribution in [2.75, 3.05) is 25.9 Å². The number of carbonyl (C=O) groups excluding carboxylic acids is 1. The number of nitrogens with zero attached hydrogens (tertiary/aromatic N) is 1. The molecule has 5 nitrogen and oxygen atoms in total. The van der Waals surface area contributed by atoms with Crippen molar-refractivity contribution in [1.82, 2.24) is 10.2 Å². The number of carbonyl (C=O) groups is 1. The van der Waals surface area contributed by atoms with Crippen molar-refractivity contribution in [1.29, 1.82) is 0 Å². The molecule has 1 aromatic rings. The topological polar surface area (TPSA) is 67.6 Å². The van der Waals surface area contributed by atoms with Crippen molar-refractivity contribution in [3.63, 3.8) is 0 Å². The Morgan fingerprint density at radius 2 is 2.33 bits per heavy atom. The number of hydrogen-bond donors (Lipinski definition) is 2. The molecule has 0 spiro atoms. The number of benzene rings is 1. The lowest BCUT2D eigenvalue weighted by molar-refractivity contribution is -0.122. The first kappa shape index (κ1) is 15.6. The Balaban J connectivity index is 1.68. The zero-order valence-corrected chi connectivity index (χ0v) is 12.8. The van der Waals surface area contributed by atoms with E-state index < -0.39 is 0 Å². The second-order valence-electron chi connectivity index (χ2n) is 5.79. The van der Waals surface area contributed by atoms with Crippen molar-refractivity contribution in [3.05, 3.63) is 24.3 Å². The van der Waals surface area contributed by atoms with E-state index in [1.165, 1.54) is 0 Å². The van der Waals surface area contributed by atoms with E-state index in [4.69, 9.17) is 10.5 Å². The molecule has 116 valence electrons. The number of hydrogen-bond acceptors (Lipinski definition) is 4. The fourth-order valence-corrected chi connectivity index (χ4v) is 2.59. The molecule has 1 aliphatic rings. The van der Waals surface area contributed by atoms with Crippen LogP contribution in [-0.2, 0) is 4.79 Å². The second kappa shape index (κ2) is 7.31. The van der Waals surface area contributed by atoms with Crippen molar-refractivity contribution in [2.45, 2.75) is 38.3 Å². The Kier molecular flexibility index (Phi) is 5.44. The third-order valence-electron chi connectivity index (χ3n) is 4.03. The van der Waals surface area contributed by atoms with Gasteiger partial charge in [0, 0.05) is 30.4 Å². The molecule has 1 saturated heterocycles. The molecule has 2 atom stereocenters. The highest BCUT2D eigenvalue weighted by Gasteiger charge is 2.23. The van der Waals surface area contributed by atoms with Crippen LogP contribution < -0.4 is 15.8 Å². The molecule has 0 radical (unpaired) electrons. The van der Waals surface area contributed by atoms with E-state index >= 15 is 0 Å². The summed E-state index contributed by atoms with van der Waals surface area (Å²) in [4.78, 5) is 14.3. The summed E-state index contributed by atoms with van der Waals surface area (Å²) in [6.07, 6.45) is 2.40. The summed E-state index contributed by atoms with van der Waals surface area (Å²) >= 11 is 0. The Hall–Kier alpha value is -1.75. The standard InChI is InChI=1S/C16H25N3O2/c1-12-10-14(6-8-19(12)2)18-16(20)7-9-21-15-5-3-4-13(17)11-15/h3-5,11-12,14H,6-10,17H2,1-2H3,(H,18,20). The summed E-state index contributed by atoms with van der Waals surface area (Å²) in [5.74, 6) is 0.761. The van der Waals surface area contributed by atoms with Crippen LogP contribution in [0, 0.1) is 0 Å². The van der Waals surface area contributed by atoms with Gasteiger partial charge in [-0.25, -0.2) is 0 Å². The van der Waals surface area contributed by atoms with Crippen LogP contribution in [-0.4, -0.2) is 43.1 Å². The molecule has 1 heterocycles. The average molecular weight is 291 g/mol. The highest BCUT2D eigenvalue weighted by Crippen LogP contribution is 2.16. The van der Waals surface area contributed by atoms with Crippen LogP contribution in [0.5, 0.6) is 5.75 Å². The minimum Gasteiger partial charge on any atom is -0.493 e. The number of rotatable bonds is 5. The minimum atomic E-state index is 0.0562. The maximum Gasteiger partial charge on any atom is 0.223 e. The molecular weight excluding hydrogens is 266 g/mol. The summed E-state index contributed by atoms with van der Waals surface area (Å²) < 4.78 is 5.54. The van der Waals surface area contributed by atoms with Crippen LogP contribution in [0.3, 0.4) is 0 Å². The first-order chi connectivity index (χ1) is 10.0. The van der Waals surface area contributed by atoms with E-state index in [0.717, 1.165) is 19.4 Å². The molecule has 1 fully saturated rings. The maximum atomic E-state index is 11.9. The largest absolute Gasteiger partial charge is 0.493 e. The van der Waals surface area contributed by atoms with Crippen LogP contribution in [0.2, 0.25) is 0 Å². The molecule has 0 saturated carbocycles. The maximum absolute atomic E-state index is 11.9. The summed E-state index contributed by atoms with van der Waals surface area (Å²) in [7, 11) is 2.13. The second-order valence-corrected chi connectivity index (χ2v) is 5.79. The molecule has 1 aromatic carbocycles. The van der Waals surface area contributed by atoms with Crippen molar-refractivity contribution in [3.8, 4) is 5.75 Å². The predicted octanol–water partition coefficient (Wildman–Crippen LogP) is 1.64. The van der Waals surface area contributed by atoms with Gasteiger partial charge in [0.15, 0.2) is 0 Å². The van der Waals surface area contributed by atoms with Crippen molar-refractivity contribution in [2.24, 2.45) is 0 Å². The van der Waals surface area contributed by atoms with Crippen LogP contribution in [0.15, 0.2) is 24.3 Å². The van der Waals surface area contributed by atoms with Gasteiger partial charge < -0.3 is 20.7 Å². The zero-order valence-electron chi connectivity index (χ0n) is 12.8. The van der Waals surface area contributed by atoms with Gasteiger partial charge in [-0.15, -0.1) is 0 Å². The van der Waals surface area contributed by atoms with Gasteiger partial charge in [0.05, 0.1) is 13.0 Å². The Bertz CT molecular complexity index is 478. The molecule has 21 heavy (non-hydrogen) atoms. The van der Waals surface area contributed by atoms with Gasteiger partial charge in [-0.1, -0.05) is 6.07 Å². The quantitative estimate of drug-likeness (QED) is 0.809. The van der Waals surface area contributed by atoms with E-state index in [-0.39, 0.29) is 11.9 Å². The normalized spacial score (nSPS) is 22.8. The van der Waals surface area contributed by atoms with Crippen molar-refractivity contribution < 1.29 is 9.53 Å². The van der Waals surface area contributed by atoms with Crippen LogP contribution in [0.4, 0.5) is 5.69 Å². The first-order valence-corrected chi connectivity index (χ1v) is 7.52. The summed E-state index contributed by atoms with van der Waals surface area (Å²) in [5, 5.41) is 3.10. The van der Waals surface area contributed by atoms with Crippen LogP contribution in [0.1, 0.15) is 26.2 Å². The zero-order chi connectivity index (χ0) is 15.2. The number of amides is 1. The summed E-state index contributed by atoms with van der Waals surface area (Å²) in [6, 6.07) is 8.05. The van der Waals surface area contributed by atoms with Crippen molar-refractivity contribution >= 4 is 11.6 Å². The third kappa shape index (κ3) is 4.93. The molecule has 0 aromatic heterocycles. The van der Waals surface area contributed by atoms with Gasteiger partial charge in [-0.2, -0.15) is 0 Å². The number of anilines is 1. The fourth-order valence-electron chi connectivity index (χ4n) is 2.59. The Morgan fingerprint density at radius 3 is 3.05 bits per heavy atom. The predicted molar refractivity (Wildman–Crippen MR) is 84.2 cm³/mol. The summed E-state index contributed by atoms with van der Waals surface area (Å²) in [6.45, 7) is 3.60. The molecule has 0 aliphatic carbocycles. The first-order valence-electron chi connectivity index (χ1n) is 7.52. The molecule has 0 bridgehead atoms. The molecule has 5 heteroatoms. The van der Waals surface area contributed by atoms with E-state index in [2.05, 4.69) is 24.2 Å². The number of nitrogen functional groups attached to an aromatic ring is 1.